The molecule has 1 fully saturated rings. The molecule has 0 aliphatic carbocycles. The van der Waals surface area contributed by atoms with E-state index in [9.17, 15) is 19.5 Å². The summed E-state index contributed by atoms with van der Waals surface area (Å²) in [7, 11) is 0. The second-order valence-corrected chi connectivity index (χ2v) is 10.1. The maximum atomic E-state index is 13.4. The van der Waals surface area contributed by atoms with Crippen LogP contribution in [-0.4, -0.2) is 34.4 Å². The topological polar surface area (TPSA) is 96.8 Å². The van der Waals surface area contributed by atoms with Gasteiger partial charge in [-0.1, -0.05) is 58.3 Å². The summed E-state index contributed by atoms with van der Waals surface area (Å²) in [4.78, 5) is 45.0. The van der Waals surface area contributed by atoms with E-state index >= 15 is 0 Å². The molecular weight excluding hydrogens is 523 g/mol. The van der Waals surface area contributed by atoms with Crippen LogP contribution in [0.3, 0.4) is 0 Å². The lowest BCUT2D eigenvalue weighted by atomic mass is 9.93. The number of ether oxygens (including phenoxy) is 1. The predicted octanol–water partition coefficient (Wildman–Crippen LogP) is 6.18. The van der Waals surface area contributed by atoms with Crippen molar-refractivity contribution < 1.29 is 24.2 Å². The first-order valence-corrected chi connectivity index (χ1v) is 12.6. The van der Waals surface area contributed by atoms with Crippen LogP contribution in [0.2, 0.25) is 10.0 Å². The number of hydrogen-bond acceptors (Lipinski definition) is 7. The Hall–Kier alpha value is -3.20. The Bertz CT molecular complexity index is 1450. The van der Waals surface area contributed by atoms with Crippen LogP contribution >= 0.6 is 34.5 Å². The highest BCUT2D eigenvalue weighted by Gasteiger charge is 2.48. The average Bonchev–Trinajstić information content (AvgIpc) is 3.34. The fourth-order valence-electron chi connectivity index (χ4n) is 4.03. The van der Waals surface area contributed by atoms with Crippen LogP contribution < -0.4 is 4.90 Å². The number of Topliss-reactive ketones (excluding diaryl/α,β-unsaturated/α-hetero) is 1. The summed E-state index contributed by atoms with van der Waals surface area (Å²) in [6.45, 7) is 7.14. The maximum Gasteiger partial charge on any atom is 0.350 e. The zero-order chi connectivity index (χ0) is 26.3. The number of esters is 1. The minimum atomic E-state index is -1.06. The molecule has 0 saturated carbocycles. The first-order chi connectivity index (χ1) is 17.0. The molecule has 186 valence electrons. The number of amides is 1. The molecule has 0 bridgehead atoms. The van der Waals surface area contributed by atoms with Crippen molar-refractivity contribution in [1.82, 2.24) is 4.98 Å². The molecule has 7 nitrogen and oxygen atoms in total. The van der Waals surface area contributed by atoms with Crippen LogP contribution in [-0.2, 0) is 14.3 Å². The molecule has 2 aromatic carbocycles. The molecule has 1 aliphatic heterocycles. The summed E-state index contributed by atoms with van der Waals surface area (Å²) >= 11 is 13.3. The van der Waals surface area contributed by atoms with Crippen molar-refractivity contribution in [3.8, 4) is 0 Å². The van der Waals surface area contributed by atoms with Gasteiger partial charge in [-0.3, -0.25) is 14.5 Å². The van der Waals surface area contributed by atoms with E-state index in [0.717, 1.165) is 22.5 Å². The summed E-state index contributed by atoms with van der Waals surface area (Å²) in [6.07, 6.45) is 0. The van der Waals surface area contributed by atoms with Gasteiger partial charge in [-0.15, -0.1) is 0 Å². The third kappa shape index (κ3) is 4.52. The minimum Gasteiger partial charge on any atom is -0.507 e. The van der Waals surface area contributed by atoms with Gasteiger partial charge in [0.1, 0.15) is 10.6 Å². The van der Waals surface area contributed by atoms with Crippen LogP contribution in [0.5, 0.6) is 0 Å². The zero-order valence-corrected chi connectivity index (χ0v) is 22.2. The standard InChI is InChI=1S/C26H22Cl2N2O5S/c1-5-35-25(34)23-14(4)29-26(36-23)30-20(15-8-9-17(27)18(28)11-15)19(22(32)24(30)33)21(31)16-10-12(2)6-7-13(16)3/h6-11,20,31H,5H2,1-4H3/b21-19+. The van der Waals surface area contributed by atoms with Crippen molar-refractivity contribution in [2.24, 2.45) is 0 Å². The summed E-state index contributed by atoms with van der Waals surface area (Å²) in [5.74, 6) is -2.65. The zero-order valence-electron chi connectivity index (χ0n) is 19.9. The van der Waals surface area contributed by atoms with Crippen LogP contribution in [0.1, 0.15) is 50.6 Å². The normalized spacial score (nSPS) is 17.1. The SMILES string of the molecule is CCOC(=O)c1sc(N2C(=O)C(=O)/C(=C(/O)c3cc(C)ccc3C)C2c2ccc(Cl)c(Cl)c2)nc1C. The van der Waals surface area contributed by atoms with Gasteiger partial charge in [0.15, 0.2) is 5.13 Å². The number of benzene rings is 2. The molecular formula is C26H22Cl2N2O5S. The van der Waals surface area contributed by atoms with Gasteiger partial charge in [0.25, 0.3) is 5.78 Å². The number of carbonyl (C=O) groups is 3. The third-order valence-corrected chi connectivity index (χ3v) is 7.68. The first-order valence-electron chi connectivity index (χ1n) is 11.0. The van der Waals surface area contributed by atoms with Crippen LogP contribution in [0, 0.1) is 20.8 Å². The lowest BCUT2D eigenvalue weighted by Crippen LogP contribution is -2.29. The van der Waals surface area contributed by atoms with E-state index in [0.29, 0.717) is 21.8 Å². The molecule has 1 N–H and O–H groups in total. The molecule has 0 radical (unpaired) electrons. The van der Waals surface area contributed by atoms with Crippen molar-refractivity contribution in [2.45, 2.75) is 33.7 Å². The molecule has 4 rings (SSSR count). The van der Waals surface area contributed by atoms with Gasteiger partial charge in [0.2, 0.25) is 0 Å². The number of halogens is 2. The third-order valence-electron chi connectivity index (χ3n) is 5.80. The van der Waals surface area contributed by atoms with Crippen LogP contribution in [0.25, 0.3) is 5.76 Å². The van der Waals surface area contributed by atoms with Crippen molar-refractivity contribution in [2.75, 3.05) is 11.5 Å². The second kappa shape index (κ2) is 10.0. The van der Waals surface area contributed by atoms with E-state index in [-0.39, 0.29) is 33.0 Å². The Morgan fingerprint density at radius 2 is 1.83 bits per heavy atom. The fourth-order valence-corrected chi connectivity index (χ4v) is 5.33. The van der Waals surface area contributed by atoms with Gasteiger partial charge in [-0.2, -0.15) is 0 Å². The number of carbonyl (C=O) groups excluding carboxylic acids is 3. The lowest BCUT2D eigenvalue weighted by molar-refractivity contribution is -0.132. The largest absolute Gasteiger partial charge is 0.507 e. The number of aliphatic hydroxyl groups excluding tert-OH is 1. The monoisotopic (exact) mass is 544 g/mol. The molecule has 1 aromatic heterocycles. The molecule has 1 saturated heterocycles. The first kappa shape index (κ1) is 25.9. The lowest BCUT2D eigenvalue weighted by Gasteiger charge is -2.23. The van der Waals surface area contributed by atoms with E-state index in [1.54, 1.807) is 39.0 Å². The summed E-state index contributed by atoms with van der Waals surface area (Å²) in [6, 6.07) is 9.11. The number of hydrogen-bond donors (Lipinski definition) is 1. The Labute approximate surface area is 221 Å². The molecule has 3 aromatic rings. The molecule has 1 amide bonds. The number of anilines is 1. The van der Waals surface area contributed by atoms with E-state index in [1.165, 1.54) is 11.0 Å². The van der Waals surface area contributed by atoms with Gasteiger partial charge in [0.05, 0.1) is 34.0 Å². The van der Waals surface area contributed by atoms with E-state index in [1.807, 2.05) is 19.1 Å². The van der Waals surface area contributed by atoms with E-state index in [4.69, 9.17) is 27.9 Å². The van der Waals surface area contributed by atoms with E-state index < -0.39 is 23.7 Å². The Balaban J connectivity index is 1.97. The predicted molar refractivity (Wildman–Crippen MR) is 140 cm³/mol. The molecule has 36 heavy (non-hydrogen) atoms. The van der Waals surface area contributed by atoms with Gasteiger partial charge in [-0.25, -0.2) is 9.78 Å². The highest BCUT2D eigenvalue weighted by Crippen LogP contribution is 2.45. The average molecular weight is 545 g/mol. The number of ketones is 1. The summed E-state index contributed by atoms with van der Waals surface area (Å²) in [5.41, 5.74) is 2.72. The quantitative estimate of drug-likeness (QED) is 0.178. The Morgan fingerprint density at radius 3 is 2.50 bits per heavy atom. The van der Waals surface area contributed by atoms with Crippen molar-refractivity contribution in [1.29, 1.82) is 0 Å². The highest BCUT2D eigenvalue weighted by molar-refractivity contribution is 7.17. The Kier molecular flexibility index (Phi) is 7.22. The van der Waals surface area contributed by atoms with Gasteiger partial charge in [-0.05, 0) is 57.0 Å². The van der Waals surface area contributed by atoms with Crippen LogP contribution in [0.15, 0.2) is 42.0 Å². The molecule has 1 atom stereocenters. The number of aromatic nitrogens is 1. The van der Waals surface area contributed by atoms with Crippen molar-refractivity contribution >= 4 is 63.1 Å². The summed E-state index contributed by atoms with van der Waals surface area (Å²) in [5, 5.41) is 12.0. The second-order valence-electron chi connectivity index (χ2n) is 8.29. The molecule has 1 unspecified atom stereocenters. The molecule has 10 heteroatoms. The number of aryl methyl sites for hydroxylation is 3. The fraction of sp³-hybridized carbons (Fsp3) is 0.231. The number of nitrogens with zero attached hydrogens (tertiary/aromatic N) is 2. The van der Waals surface area contributed by atoms with Crippen molar-refractivity contribution in [3.05, 3.63) is 84.8 Å². The van der Waals surface area contributed by atoms with Gasteiger partial charge >= 0.3 is 11.9 Å². The highest BCUT2D eigenvalue weighted by atomic mass is 35.5. The smallest absolute Gasteiger partial charge is 0.350 e. The van der Waals surface area contributed by atoms with Crippen LogP contribution in [0.4, 0.5) is 5.13 Å². The van der Waals surface area contributed by atoms with E-state index in [2.05, 4.69) is 4.98 Å². The minimum absolute atomic E-state index is 0.113. The Morgan fingerprint density at radius 1 is 1.11 bits per heavy atom. The van der Waals surface area contributed by atoms with Gasteiger partial charge in [0, 0.05) is 5.56 Å². The molecule has 2 heterocycles. The summed E-state index contributed by atoms with van der Waals surface area (Å²) < 4.78 is 5.09. The maximum absolute atomic E-state index is 13.4. The van der Waals surface area contributed by atoms with Gasteiger partial charge < -0.3 is 9.84 Å². The molecule has 1 aliphatic rings. The van der Waals surface area contributed by atoms with Crippen molar-refractivity contribution in [3.63, 3.8) is 0 Å². The molecule has 0 spiro atoms. The number of rotatable bonds is 5. The number of thiazole rings is 1. The number of aliphatic hydroxyl groups is 1.